The van der Waals surface area contributed by atoms with Crippen molar-refractivity contribution in [2.24, 2.45) is 0 Å². The molecule has 1 saturated heterocycles. The van der Waals surface area contributed by atoms with Crippen molar-refractivity contribution < 1.29 is 32.6 Å². The first kappa shape index (κ1) is 26.1. The lowest BCUT2D eigenvalue weighted by Crippen LogP contribution is -2.57. The maximum Gasteiger partial charge on any atom is 0.412 e. The fourth-order valence-electron chi connectivity index (χ4n) is 3.72. The topological polar surface area (TPSA) is 104 Å². The molecule has 0 aliphatic carbocycles. The van der Waals surface area contributed by atoms with Gasteiger partial charge in [0, 0.05) is 26.1 Å². The van der Waals surface area contributed by atoms with Crippen molar-refractivity contribution in [2.45, 2.75) is 51.2 Å². The molecule has 186 valence electrons. The zero-order chi connectivity index (χ0) is 24.9. The molecule has 2 aromatic rings. The summed E-state index contributed by atoms with van der Waals surface area (Å²) < 4.78 is 45.3. The van der Waals surface area contributed by atoms with E-state index in [-0.39, 0.29) is 26.1 Å². The second kappa shape index (κ2) is 11.3. The van der Waals surface area contributed by atoms with Gasteiger partial charge in [-0.15, -0.1) is 11.3 Å². The molecule has 2 amide bonds. The Morgan fingerprint density at radius 2 is 2.03 bits per heavy atom. The van der Waals surface area contributed by atoms with Gasteiger partial charge in [0.15, 0.2) is 6.04 Å². The van der Waals surface area contributed by atoms with E-state index in [0.29, 0.717) is 0 Å². The number of thiazole rings is 1. The third kappa shape index (κ3) is 6.32. The number of ether oxygens (including phenoxy) is 1. The molecule has 1 aliphatic rings. The van der Waals surface area contributed by atoms with Crippen molar-refractivity contribution in [1.29, 1.82) is 0 Å². The van der Waals surface area contributed by atoms with Gasteiger partial charge in [0.25, 0.3) is 0 Å². The molecule has 1 aromatic carbocycles. The van der Waals surface area contributed by atoms with E-state index >= 15 is 0 Å². The zero-order valence-electron chi connectivity index (χ0n) is 18.8. The predicted molar refractivity (Wildman–Crippen MR) is 120 cm³/mol. The lowest BCUT2D eigenvalue weighted by Gasteiger charge is -2.29. The van der Waals surface area contributed by atoms with E-state index < -0.39 is 42.9 Å². The molecule has 1 aliphatic heterocycles. The number of aryl methyl sites for hydroxylation is 1. The molecule has 8 nitrogen and oxygen atoms in total. The van der Waals surface area contributed by atoms with E-state index in [1.165, 1.54) is 11.3 Å². The van der Waals surface area contributed by atoms with Crippen LogP contribution in [0, 0.1) is 6.92 Å². The van der Waals surface area contributed by atoms with Crippen LogP contribution in [0.15, 0.2) is 29.8 Å². The fraction of sp³-hybridized carbons (Fsp3) is 0.500. The minimum absolute atomic E-state index is 0.126. The Labute approximate surface area is 199 Å². The minimum atomic E-state index is -4.89. The molecular formula is C22H27F3N4O4S. The maximum atomic E-state index is 13.5. The van der Waals surface area contributed by atoms with Crippen LogP contribution in [-0.2, 0) is 20.9 Å². The molecule has 0 spiro atoms. The normalized spacial score (nSPS) is 19.3. The van der Waals surface area contributed by atoms with Crippen molar-refractivity contribution in [2.75, 3.05) is 19.9 Å². The minimum Gasteiger partial charge on any atom is -0.391 e. The molecule has 1 unspecified atom stereocenters. The summed E-state index contributed by atoms with van der Waals surface area (Å²) in [6.45, 7) is 2.99. The average Bonchev–Trinajstić information content (AvgIpc) is 3.39. The van der Waals surface area contributed by atoms with Crippen molar-refractivity contribution in [3.8, 4) is 10.4 Å². The summed E-state index contributed by atoms with van der Waals surface area (Å²) >= 11 is 1.52. The summed E-state index contributed by atoms with van der Waals surface area (Å²) in [5.41, 5.74) is 4.45. The van der Waals surface area contributed by atoms with Crippen molar-refractivity contribution in [3.05, 3.63) is 41.0 Å². The molecule has 3 rings (SSSR count). The number of halogens is 3. The van der Waals surface area contributed by atoms with Gasteiger partial charge in [-0.05, 0) is 25.0 Å². The first-order valence-corrected chi connectivity index (χ1v) is 11.6. The molecule has 34 heavy (non-hydrogen) atoms. The summed E-state index contributed by atoms with van der Waals surface area (Å²) in [4.78, 5) is 31.5. The molecule has 0 bridgehead atoms. The van der Waals surface area contributed by atoms with Gasteiger partial charge < -0.3 is 20.1 Å². The molecule has 3 atom stereocenters. The Kier molecular flexibility index (Phi) is 8.63. The number of hydrogen-bond donors (Lipinski definition) is 3. The van der Waals surface area contributed by atoms with Crippen LogP contribution in [0.4, 0.5) is 13.2 Å². The molecule has 0 radical (unpaired) electrons. The number of β-amino-alcohol motifs (C(OH)–C–C–N with tert-alkyl or cyclic N) is 1. The quantitative estimate of drug-likeness (QED) is 0.360. The number of carbonyl (C=O) groups excluding carboxylic acids is 2. The summed E-state index contributed by atoms with van der Waals surface area (Å²) in [5.74, 6) is -1.95. The molecular weight excluding hydrogens is 473 g/mol. The summed E-state index contributed by atoms with van der Waals surface area (Å²) in [5, 5.41) is 14.7. The van der Waals surface area contributed by atoms with Gasteiger partial charge in [-0.25, -0.2) is 4.98 Å². The highest BCUT2D eigenvalue weighted by molar-refractivity contribution is 7.13. The second-order valence-electron chi connectivity index (χ2n) is 7.89. The van der Waals surface area contributed by atoms with E-state index in [9.17, 15) is 27.9 Å². The van der Waals surface area contributed by atoms with Gasteiger partial charge in [-0.2, -0.15) is 13.2 Å². The van der Waals surface area contributed by atoms with Gasteiger partial charge in [-0.3, -0.25) is 14.9 Å². The van der Waals surface area contributed by atoms with Crippen molar-refractivity contribution >= 4 is 23.2 Å². The highest BCUT2D eigenvalue weighted by Crippen LogP contribution is 2.28. The van der Waals surface area contributed by atoms with Gasteiger partial charge in [0.2, 0.25) is 11.8 Å². The number of benzene rings is 1. The first-order chi connectivity index (χ1) is 16.1. The number of carbonyl (C=O) groups is 2. The number of hydrogen-bond acceptors (Lipinski definition) is 7. The van der Waals surface area contributed by atoms with Crippen LogP contribution in [-0.4, -0.2) is 71.1 Å². The highest BCUT2D eigenvalue weighted by Gasteiger charge is 2.50. The Balaban J connectivity index is 1.64. The lowest BCUT2D eigenvalue weighted by molar-refractivity contribution is -0.179. The Morgan fingerprint density at radius 3 is 2.62 bits per heavy atom. The number of aromatic nitrogens is 1. The summed E-state index contributed by atoms with van der Waals surface area (Å²) in [6.07, 6.45) is -6.12. The van der Waals surface area contributed by atoms with Crippen molar-refractivity contribution in [3.63, 3.8) is 0 Å². The largest absolute Gasteiger partial charge is 0.412 e. The van der Waals surface area contributed by atoms with E-state index in [1.54, 1.807) is 12.4 Å². The van der Waals surface area contributed by atoms with Gasteiger partial charge in [0.1, 0.15) is 6.04 Å². The number of aliphatic hydroxyl groups is 1. The molecule has 2 heterocycles. The van der Waals surface area contributed by atoms with Crippen LogP contribution < -0.4 is 10.6 Å². The number of nitrogens with zero attached hydrogens (tertiary/aromatic N) is 2. The fourth-order valence-corrected chi connectivity index (χ4v) is 4.53. The number of rotatable bonds is 9. The predicted octanol–water partition coefficient (Wildman–Crippen LogP) is 2.21. The first-order valence-electron chi connectivity index (χ1n) is 10.7. The summed E-state index contributed by atoms with van der Waals surface area (Å²) in [6, 6.07) is 3.71. The van der Waals surface area contributed by atoms with Gasteiger partial charge in [0.05, 0.1) is 28.9 Å². The van der Waals surface area contributed by atoms with E-state index in [4.69, 9.17) is 4.74 Å². The van der Waals surface area contributed by atoms with Crippen LogP contribution in [0.3, 0.4) is 0 Å². The Hall–Kier alpha value is -2.54. The second-order valence-corrected chi connectivity index (χ2v) is 8.75. The van der Waals surface area contributed by atoms with Crippen LogP contribution >= 0.6 is 11.3 Å². The van der Waals surface area contributed by atoms with E-state index in [2.05, 4.69) is 10.3 Å². The smallest absolute Gasteiger partial charge is 0.391 e. The number of aliphatic hydroxyl groups excluding tert-OH is 1. The molecule has 1 fully saturated rings. The monoisotopic (exact) mass is 500 g/mol. The lowest BCUT2D eigenvalue weighted by atomic mass is 10.1. The zero-order valence-corrected chi connectivity index (χ0v) is 19.6. The summed E-state index contributed by atoms with van der Waals surface area (Å²) in [7, 11) is 0. The van der Waals surface area contributed by atoms with E-state index in [0.717, 1.165) is 26.6 Å². The SMILES string of the molecule is CCOCNC(C(=O)N1C[C@H](O)C[C@H]1C(=O)NCc1ccc(-c2scnc2C)cc1)C(F)(F)F. The number of amides is 2. The molecule has 12 heteroatoms. The molecule has 1 aromatic heterocycles. The van der Waals surface area contributed by atoms with Crippen LogP contribution in [0.25, 0.3) is 10.4 Å². The Bertz CT molecular complexity index is 983. The molecule has 3 N–H and O–H groups in total. The number of nitrogens with one attached hydrogen (secondary N) is 2. The van der Waals surface area contributed by atoms with Gasteiger partial charge >= 0.3 is 6.18 Å². The maximum absolute atomic E-state index is 13.5. The third-order valence-electron chi connectivity index (χ3n) is 5.46. The number of alkyl halides is 3. The third-order valence-corrected chi connectivity index (χ3v) is 6.44. The van der Waals surface area contributed by atoms with E-state index in [1.807, 2.05) is 36.5 Å². The van der Waals surface area contributed by atoms with Crippen LogP contribution in [0.1, 0.15) is 24.6 Å². The average molecular weight is 501 g/mol. The highest BCUT2D eigenvalue weighted by atomic mass is 32.1. The number of likely N-dealkylation sites (tertiary alicyclic amines) is 1. The molecule has 0 saturated carbocycles. The van der Waals surface area contributed by atoms with Crippen LogP contribution in [0.5, 0.6) is 0 Å². The standard InChI is InChI=1S/C22H27F3N4O4S/c1-3-33-11-27-19(22(23,24)25)21(32)29-10-16(30)8-17(29)20(31)26-9-14-4-6-15(7-5-14)18-13(2)28-12-34-18/h4-7,12,16-17,19,27,30H,3,8-11H2,1-2H3,(H,26,31)/t16-,17+,19?/m1/s1. The van der Waals surface area contributed by atoms with Gasteiger partial charge in [-0.1, -0.05) is 24.3 Å². The Morgan fingerprint density at radius 1 is 1.32 bits per heavy atom. The van der Waals surface area contributed by atoms with Crippen LogP contribution in [0.2, 0.25) is 0 Å². The van der Waals surface area contributed by atoms with Crippen molar-refractivity contribution in [1.82, 2.24) is 20.5 Å².